The van der Waals surface area contributed by atoms with Gasteiger partial charge in [-0.1, -0.05) is 0 Å². The smallest absolute Gasteiger partial charge is 1.00 e. The van der Waals surface area contributed by atoms with E-state index < -0.39 is 0 Å². The zero-order valence-electron chi connectivity index (χ0n) is 5.48. The van der Waals surface area contributed by atoms with E-state index in [2.05, 4.69) is 0 Å². The van der Waals surface area contributed by atoms with Crippen LogP contribution in [0.5, 0.6) is 0 Å². The molecule has 0 saturated carbocycles. The molecule has 10 heavy (non-hydrogen) atoms. The maximum atomic E-state index is 12.4. The first-order valence-electron chi connectivity index (χ1n) is 2.86. The van der Waals surface area contributed by atoms with Crippen molar-refractivity contribution in [3.8, 4) is 0 Å². The standard InChI is InChI=1S/C7H6F.ClH.Zn/c1-6-3-2-4-7(8)5-6;;/h2-5H,1H2;1H;/q;;+1/p-1. The molecule has 0 atom stereocenters. The van der Waals surface area contributed by atoms with E-state index in [1.807, 2.05) is 6.07 Å². The minimum atomic E-state index is -0.124. The van der Waals surface area contributed by atoms with Gasteiger partial charge < -0.3 is 12.4 Å². The van der Waals surface area contributed by atoms with Crippen molar-refractivity contribution in [2.24, 2.45) is 0 Å². The van der Waals surface area contributed by atoms with Crippen molar-refractivity contribution in [3.05, 3.63) is 35.6 Å². The second-order valence-corrected chi connectivity index (χ2v) is 2.93. The maximum Gasteiger partial charge on any atom is -1.00 e. The van der Waals surface area contributed by atoms with Gasteiger partial charge in [-0.2, -0.15) is 0 Å². The zero-order chi connectivity index (χ0) is 6.69. The summed E-state index contributed by atoms with van der Waals surface area (Å²) in [7, 11) is 0. The van der Waals surface area contributed by atoms with Crippen LogP contribution in [0, 0.1) is 5.82 Å². The number of halogens is 2. The molecule has 0 unspecified atom stereocenters. The summed E-state index contributed by atoms with van der Waals surface area (Å²) in [6, 6.07) is 6.76. The Morgan fingerprint density at radius 1 is 1.40 bits per heavy atom. The van der Waals surface area contributed by atoms with E-state index in [9.17, 15) is 4.39 Å². The minimum Gasteiger partial charge on any atom is -1.00 e. The van der Waals surface area contributed by atoms with Crippen molar-refractivity contribution in [2.45, 2.75) is 5.02 Å². The first kappa shape index (κ1) is 10.1. The van der Waals surface area contributed by atoms with Crippen molar-refractivity contribution >= 4 is 0 Å². The van der Waals surface area contributed by atoms with Crippen molar-refractivity contribution in [1.29, 1.82) is 0 Å². The Morgan fingerprint density at radius 3 is 2.50 bits per heavy atom. The second-order valence-electron chi connectivity index (χ2n) is 1.88. The normalized spacial score (nSPS) is 8.70. The van der Waals surface area contributed by atoms with Gasteiger partial charge in [0.1, 0.15) is 0 Å². The SMILES string of the molecule is Fc1cccc([CH2][Zn+])c1.[Cl-]. The molecular formula is C7H6ClFZn. The van der Waals surface area contributed by atoms with Gasteiger partial charge in [-0.25, -0.2) is 0 Å². The molecule has 0 saturated heterocycles. The van der Waals surface area contributed by atoms with Crippen LogP contribution in [-0.2, 0) is 23.3 Å². The van der Waals surface area contributed by atoms with Gasteiger partial charge in [0.15, 0.2) is 0 Å². The van der Waals surface area contributed by atoms with Crippen LogP contribution in [0.25, 0.3) is 0 Å². The molecule has 1 aromatic rings. The fraction of sp³-hybridized carbons (Fsp3) is 0.143. The quantitative estimate of drug-likeness (QED) is 0.515. The molecule has 0 aliphatic carbocycles. The molecule has 0 aliphatic rings. The molecule has 0 fully saturated rings. The molecule has 0 aromatic heterocycles. The first-order chi connectivity index (χ1) is 4.33. The molecule has 0 heterocycles. The molecule has 1 aromatic carbocycles. The summed E-state index contributed by atoms with van der Waals surface area (Å²) in [5, 5.41) is 1.03. The average Bonchev–Trinajstić information content (AvgIpc) is 1.88. The molecule has 3 heteroatoms. The van der Waals surface area contributed by atoms with E-state index in [1.165, 1.54) is 24.4 Å². The van der Waals surface area contributed by atoms with Gasteiger partial charge in [-0.05, 0) is 0 Å². The molecule has 0 radical (unpaired) electrons. The van der Waals surface area contributed by atoms with Crippen molar-refractivity contribution < 1.29 is 35.1 Å². The fourth-order valence-corrected chi connectivity index (χ4v) is 1.34. The molecule has 0 bridgehead atoms. The topological polar surface area (TPSA) is 0 Å². The van der Waals surface area contributed by atoms with Crippen LogP contribution in [0.3, 0.4) is 0 Å². The summed E-state index contributed by atoms with van der Waals surface area (Å²) in [6.45, 7) is 0. The van der Waals surface area contributed by atoms with E-state index in [1.54, 1.807) is 12.1 Å². The van der Waals surface area contributed by atoms with Gasteiger partial charge in [-0.3, -0.25) is 0 Å². The Balaban J connectivity index is 0.000000810. The molecule has 1 rings (SSSR count). The van der Waals surface area contributed by atoms with Crippen LogP contribution in [-0.4, -0.2) is 0 Å². The molecule has 0 N–H and O–H groups in total. The second kappa shape index (κ2) is 4.81. The Hall–Kier alpha value is 0.0634. The van der Waals surface area contributed by atoms with Gasteiger partial charge in [0, 0.05) is 0 Å². The van der Waals surface area contributed by atoms with Crippen LogP contribution in [0.15, 0.2) is 24.3 Å². The summed E-state index contributed by atoms with van der Waals surface area (Å²) < 4.78 is 12.4. The summed E-state index contributed by atoms with van der Waals surface area (Å²) >= 11 is 1.20. The Morgan fingerprint density at radius 2 is 2.10 bits per heavy atom. The van der Waals surface area contributed by atoms with Crippen LogP contribution < -0.4 is 12.4 Å². The Labute approximate surface area is 75.9 Å². The Bertz CT molecular complexity index is 203. The monoisotopic (exact) mass is 208 g/mol. The predicted molar refractivity (Wildman–Crippen MR) is 30.1 cm³/mol. The summed E-state index contributed by atoms with van der Waals surface area (Å²) in [5.41, 5.74) is 1.11. The van der Waals surface area contributed by atoms with Gasteiger partial charge in [-0.15, -0.1) is 0 Å². The molecule has 0 spiro atoms. The van der Waals surface area contributed by atoms with Crippen molar-refractivity contribution in [3.63, 3.8) is 0 Å². The van der Waals surface area contributed by atoms with E-state index >= 15 is 0 Å². The maximum absolute atomic E-state index is 12.4. The van der Waals surface area contributed by atoms with Crippen molar-refractivity contribution in [1.82, 2.24) is 0 Å². The number of hydrogen-bond acceptors (Lipinski definition) is 0. The van der Waals surface area contributed by atoms with E-state index in [-0.39, 0.29) is 18.2 Å². The molecule has 0 amide bonds. The number of benzene rings is 1. The van der Waals surface area contributed by atoms with Gasteiger partial charge in [0.25, 0.3) is 0 Å². The predicted octanol–water partition coefficient (Wildman–Crippen LogP) is -1.12. The first-order valence-corrected chi connectivity index (χ1v) is 4.96. The summed E-state index contributed by atoms with van der Waals surface area (Å²) in [5.74, 6) is -0.124. The zero-order valence-corrected chi connectivity index (χ0v) is 9.20. The molecule has 50 valence electrons. The molecule has 0 aliphatic heterocycles. The van der Waals surface area contributed by atoms with Crippen LogP contribution in [0.4, 0.5) is 4.39 Å². The molecule has 0 nitrogen and oxygen atoms in total. The third kappa shape index (κ3) is 2.76. The van der Waals surface area contributed by atoms with E-state index in [4.69, 9.17) is 0 Å². The van der Waals surface area contributed by atoms with Gasteiger partial charge >= 0.3 is 63.4 Å². The van der Waals surface area contributed by atoms with Gasteiger partial charge in [0.2, 0.25) is 0 Å². The number of hydrogen-bond donors (Lipinski definition) is 0. The minimum absolute atomic E-state index is 0. The van der Waals surface area contributed by atoms with Crippen LogP contribution in [0.1, 0.15) is 5.56 Å². The third-order valence-corrected chi connectivity index (χ3v) is 2.39. The Kier molecular flexibility index (Phi) is 4.84. The summed E-state index contributed by atoms with van der Waals surface area (Å²) in [6.07, 6.45) is 0. The van der Waals surface area contributed by atoms with E-state index in [0.717, 1.165) is 10.6 Å². The fourth-order valence-electron chi connectivity index (χ4n) is 0.692. The largest absolute Gasteiger partial charge is 1.00 e. The third-order valence-electron chi connectivity index (χ3n) is 1.18. The molecular weight excluding hydrogens is 204 g/mol. The van der Waals surface area contributed by atoms with Gasteiger partial charge in [0.05, 0.1) is 0 Å². The summed E-state index contributed by atoms with van der Waals surface area (Å²) in [4.78, 5) is 0. The average molecular weight is 210 g/mol. The van der Waals surface area contributed by atoms with E-state index in [0.29, 0.717) is 0 Å². The van der Waals surface area contributed by atoms with Crippen LogP contribution in [0.2, 0.25) is 0 Å². The van der Waals surface area contributed by atoms with Crippen molar-refractivity contribution in [2.75, 3.05) is 0 Å². The number of rotatable bonds is 1. The van der Waals surface area contributed by atoms with Crippen LogP contribution >= 0.6 is 0 Å².